The first kappa shape index (κ1) is 21.1. The summed E-state index contributed by atoms with van der Waals surface area (Å²) in [5, 5.41) is 0. The third-order valence-electron chi connectivity index (χ3n) is 4.04. The van der Waals surface area contributed by atoms with Crippen LogP contribution in [-0.2, 0) is 0 Å². The van der Waals surface area contributed by atoms with Crippen molar-refractivity contribution in [3.8, 4) is 23.0 Å². The minimum Gasteiger partial charge on any atom is -0.493 e. The van der Waals surface area contributed by atoms with Crippen LogP contribution in [0.25, 0.3) is 6.08 Å². The van der Waals surface area contributed by atoms with Gasteiger partial charge in [-0.05, 0) is 68.0 Å². The molecular formula is C23H26O5. The Morgan fingerprint density at radius 3 is 2.07 bits per heavy atom. The lowest BCUT2D eigenvalue weighted by Gasteiger charge is -2.12. The van der Waals surface area contributed by atoms with Gasteiger partial charge in [0.15, 0.2) is 17.3 Å². The highest BCUT2D eigenvalue weighted by atomic mass is 16.5. The zero-order chi connectivity index (χ0) is 20.5. The lowest BCUT2D eigenvalue weighted by Crippen LogP contribution is -2.07. The Kier molecular flexibility index (Phi) is 7.69. The van der Waals surface area contributed by atoms with Gasteiger partial charge in [-0.25, -0.2) is 0 Å². The number of hydrogen-bond donors (Lipinski definition) is 0. The third kappa shape index (κ3) is 5.39. The van der Waals surface area contributed by atoms with E-state index < -0.39 is 0 Å². The van der Waals surface area contributed by atoms with Crippen LogP contribution in [0.15, 0.2) is 54.6 Å². The smallest absolute Gasteiger partial charge is 0.203 e. The fraction of sp³-hybridized carbons (Fsp3) is 0.261. The second-order valence-corrected chi connectivity index (χ2v) is 6.03. The van der Waals surface area contributed by atoms with Crippen LogP contribution in [0.1, 0.15) is 29.8 Å². The molecule has 28 heavy (non-hydrogen) atoms. The number of methoxy groups -OCH3 is 3. The molecule has 0 amide bonds. The molecule has 2 aromatic carbocycles. The van der Waals surface area contributed by atoms with Gasteiger partial charge in [0.2, 0.25) is 5.75 Å². The molecule has 0 aromatic heterocycles. The number of carbonyl (C=O) groups is 1. The van der Waals surface area contributed by atoms with E-state index in [1.807, 2.05) is 26.0 Å². The third-order valence-corrected chi connectivity index (χ3v) is 4.04. The molecule has 0 fully saturated rings. The van der Waals surface area contributed by atoms with Crippen LogP contribution >= 0.6 is 0 Å². The average Bonchev–Trinajstić information content (AvgIpc) is 2.71. The van der Waals surface area contributed by atoms with E-state index in [9.17, 15) is 4.79 Å². The molecule has 0 N–H and O–H groups in total. The molecule has 0 heterocycles. The molecule has 2 aromatic rings. The predicted octanol–water partition coefficient (Wildman–Crippen LogP) is 4.95. The number of ketones is 1. The molecule has 1 unspecified atom stereocenters. The molecule has 5 heteroatoms. The van der Waals surface area contributed by atoms with Crippen molar-refractivity contribution in [3.63, 3.8) is 0 Å². The molecule has 0 spiro atoms. The van der Waals surface area contributed by atoms with Gasteiger partial charge in [-0.15, -0.1) is 0 Å². The van der Waals surface area contributed by atoms with E-state index in [0.717, 1.165) is 11.3 Å². The molecule has 0 aliphatic heterocycles. The normalized spacial score (nSPS) is 12.2. The van der Waals surface area contributed by atoms with Crippen LogP contribution < -0.4 is 18.9 Å². The fourth-order valence-electron chi connectivity index (χ4n) is 2.69. The Balaban J connectivity index is 2.15. The van der Waals surface area contributed by atoms with E-state index in [-0.39, 0.29) is 11.9 Å². The predicted molar refractivity (Wildman–Crippen MR) is 111 cm³/mol. The molecular weight excluding hydrogens is 356 g/mol. The van der Waals surface area contributed by atoms with Crippen LogP contribution in [0.2, 0.25) is 0 Å². The van der Waals surface area contributed by atoms with Crippen molar-refractivity contribution >= 4 is 11.9 Å². The van der Waals surface area contributed by atoms with Gasteiger partial charge in [0.1, 0.15) is 11.9 Å². The molecule has 0 bridgehead atoms. The Bertz CT molecular complexity index is 825. The summed E-state index contributed by atoms with van der Waals surface area (Å²) in [6.07, 6.45) is 7.10. The van der Waals surface area contributed by atoms with Crippen LogP contribution in [0, 0.1) is 0 Å². The second kappa shape index (κ2) is 10.2. The lowest BCUT2D eigenvalue weighted by molar-refractivity contribution is 0.104. The summed E-state index contributed by atoms with van der Waals surface area (Å²) < 4.78 is 21.7. The number of carbonyl (C=O) groups excluding carboxylic acids is 1. The van der Waals surface area contributed by atoms with Crippen LogP contribution in [0.3, 0.4) is 0 Å². The Labute approximate surface area is 166 Å². The lowest BCUT2D eigenvalue weighted by atomic mass is 10.1. The SMILES string of the molecule is C/C=C/C(C)Oc1ccc(C(=O)/C=C/c2cc(OC)c(OC)c(OC)c2)cc1. The minimum absolute atomic E-state index is 0.0218. The van der Waals surface area contributed by atoms with Gasteiger partial charge in [0, 0.05) is 5.56 Å². The van der Waals surface area contributed by atoms with Crippen LogP contribution in [-0.4, -0.2) is 33.2 Å². The molecule has 2 rings (SSSR count). The molecule has 148 valence electrons. The summed E-state index contributed by atoms with van der Waals surface area (Å²) in [5.41, 5.74) is 1.35. The van der Waals surface area contributed by atoms with Crippen molar-refractivity contribution in [2.45, 2.75) is 20.0 Å². The first-order valence-electron chi connectivity index (χ1n) is 8.94. The van der Waals surface area contributed by atoms with Crippen molar-refractivity contribution in [2.24, 2.45) is 0 Å². The molecule has 0 saturated heterocycles. The Hall–Kier alpha value is -3.21. The van der Waals surface area contributed by atoms with Crippen LogP contribution in [0.5, 0.6) is 23.0 Å². The standard InChI is InChI=1S/C23H26O5/c1-6-7-16(2)28-19-11-9-18(10-12-19)20(24)13-8-17-14-21(25-3)23(27-5)22(15-17)26-4/h6-16H,1-5H3/b7-6+,13-8+. The highest BCUT2D eigenvalue weighted by Crippen LogP contribution is 2.38. The maximum Gasteiger partial charge on any atom is 0.203 e. The number of benzene rings is 2. The van der Waals surface area contributed by atoms with E-state index in [1.54, 1.807) is 63.8 Å². The molecule has 0 saturated carbocycles. The molecule has 0 radical (unpaired) electrons. The van der Waals surface area contributed by atoms with Gasteiger partial charge in [-0.2, -0.15) is 0 Å². The highest BCUT2D eigenvalue weighted by molar-refractivity contribution is 6.06. The van der Waals surface area contributed by atoms with Crippen molar-refractivity contribution in [2.75, 3.05) is 21.3 Å². The van der Waals surface area contributed by atoms with Crippen molar-refractivity contribution < 1.29 is 23.7 Å². The maximum atomic E-state index is 12.5. The number of hydrogen-bond acceptors (Lipinski definition) is 5. The van der Waals surface area contributed by atoms with E-state index in [2.05, 4.69) is 0 Å². The largest absolute Gasteiger partial charge is 0.493 e. The first-order chi connectivity index (χ1) is 13.5. The zero-order valence-electron chi connectivity index (χ0n) is 16.9. The molecule has 0 aliphatic rings. The van der Waals surface area contributed by atoms with Gasteiger partial charge >= 0.3 is 0 Å². The summed E-state index contributed by atoms with van der Waals surface area (Å²) in [4.78, 5) is 12.5. The number of allylic oxidation sites excluding steroid dienone is 2. The van der Waals surface area contributed by atoms with E-state index in [0.29, 0.717) is 22.8 Å². The average molecular weight is 382 g/mol. The summed E-state index contributed by atoms with van der Waals surface area (Å²) in [5.74, 6) is 2.19. The zero-order valence-corrected chi connectivity index (χ0v) is 16.9. The quantitative estimate of drug-likeness (QED) is 0.349. The Morgan fingerprint density at radius 2 is 1.57 bits per heavy atom. The number of ether oxygens (including phenoxy) is 4. The summed E-state index contributed by atoms with van der Waals surface area (Å²) in [7, 11) is 4.65. The van der Waals surface area contributed by atoms with Crippen molar-refractivity contribution in [1.82, 2.24) is 0 Å². The van der Waals surface area contributed by atoms with Gasteiger partial charge in [-0.1, -0.05) is 12.2 Å². The second-order valence-electron chi connectivity index (χ2n) is 6.03. The van der Waals surface area contributed by atoms with Gasteiger partial charge in [0.05, 0.1) is 21.3 Å². The van der Waals surface area contributed by atoms with Gasteiger partial charge in [0.25, 0.3) is 0 Å². The minimum atomic E-state index is -0.109. The monoisotopic (exact) mass is 382 g/mol. The van der Waals surface area contributed by atoms with E-state index in [1.165, 1.54) is 6.08 Å². The van der Waals surface area contributed by atoms with Crippen LogP contribution in [0.4, 0.5) is 0 Å². The molecule has 5 nitrogen and oxygen atoms in total. The summed E-state index contributed by atoms with van der Waals surface area (Å²) in [6.45, 7) is 3.90. The molecule has 1 atom stereocenters. The van der Waals surface area contributed by atoms with Gasteiger partial charge < -0.3 is 18.9 Å². The topological polar surface area (TPSA) is 54.0 Å². The van der Waals surface area contributed by atoms with Gasteiger partial charge in [-0.3, -0.25) is 4.79 Å². The van der Waals surface area contributed by atoms with E-state index in [4.69, 9.17) is 18.9 Å². The summed E-state index contributed by atoms with van der Waals surface area (Å²) >= 11 is 0. The molecule has 0 aliphatic carbocycles. The maximum absolute atomic E-state index is 12.5. The summed E-state index contributed by atoms with van der Waals surface area (Å²) in [6, 6.07) is 10.6. The number of rotatable bonds is 9. The Morgan fingerprint density at radius 1 is 0.964 bits per heavy atom. The highest BCUT2D eigenvalue weighted by Gasteiger charge is 2.12. The van der Waals surface area contributed by atoms with Crippen molar-refractivity contribution in [1.29, 1.82) is 0 Å². The first-order valence-corrected chi connectivity index (χ1v) is 8.94. The fourth-order valence-corrected chi connectivity index (χ4v) is 2.69. The van der Waals surface area contributed by atoms with E-state index >= 15 is 0 Å². The van der Waals surface area contributed by atoms with Crippen molar-refractivity contribution in [3.05, 3.63) is 65.8 Å².